The second kappa shape index (κ2) is 7.99. The van der Waals surface area contributed by atoms with Gasteiger partial charge in [-0.1, -0.05) is 24.3 Å². The molecular formula is C22H17F2N5O2. The Hall–Kier alpha value is -4.06. The van der Waals surface area contributed by atoms with Crippen molar-refractivity contribution in [1.29, 1.82) is 0 Å². The van der Waals surface area contributed by atoms with E-state index < -0.39 is 17.5 Å². The minimum absolute atomic E-state index is 0.0879. The molecule has 2 amide bonds. The maximum atomic E-state index is 13.7. The third-order valence-electron chi connectivity index (χ3n) is 5.19. The molecule has 1 aliphatic rings. The highest BCUT2D eigenvalue weighted by Crippen LogP contribution is 2.29. The number of amides is 2. The van der Waals surface area contributed by atoms with Gasteiger partial charge in [-0.05, 0) is 23.8 Å². The van der Waals surface area contributed by atoms with Crippen LogP contribution >= 0.6 is 0 Å². The van der Waals surface area contributed by atoms with E-state index in [0.717, 1.165) is 17.7 Å². The minimum atomic E-state index is -1.06. The molecule has 7 nitrogen and oxygen atoms in total. The molecule has 1 aliphatic heterocycles. The lowest BCUT2D eigenvalue weighted by Crippen LogP contribution is -2.40. The van der Waals surface area contributed by atoms with Gasteiger partial charge < -0.3 is 10.6 Å². The van der Waals surface area contributed by atoms with Gasteiger partial charge in [0.2, 0.25) is 5.91 Å². The summed E-state index contributed by atoms with van der Waals surface area (Å²) in [5.74, 6) is -2.97. The summed E-state index contributed by atoms with van der Waals surface area (Å²) in [4.78, 5) is 29.9. The molecule has 2 heterocycles. The summed E-state index contributed by atoms with van der Waals surface area (Å²) < 4.78 is 28.6. The summed E-state index contributed by atoms with van der Waals surface area (Å²) in [5, 5.41) is 4.37. The maximum absolute atomic E-state index is 13.7. The third kappa shape index (κ3) is 3.88. The van der Waals surface area contributed by atoms with Crippen molar-refractivity contribution in [2.75, 3.05) is 6.54 Å². The molecule has 4 rings (SSSR count). The van der Waals surface area contributed by atoms with Gasteiger partial charge in [0, 0.05) is 12.1 Å². The molecule has 31 heavy (non-hydrogen) atoms. The number of hydrogen-bond donors (Lipinski definition) is 1. The minimum Gasteiger partial charge on any atom is -0.365 e. The summed E-state index contributed by atoms with van der Waals surface area (Å²) in [7, 11) is 0. The molecule has 0 saturated heterocycles. The van der Waals surface area contributed by atoms with Crippen molar-refractivity contribution < 1.29 is 18.4 Å². The molecule has 3 aromatic rings. The Balaban J connectivity index is 1.61. The highest BCUT2D eigenvalue weighted by molar-refractivity contribution is 6.00. The van der Waals surface area contributed by atoms with Crippen molar-refractivity contribution in [2.24, 2.45) is 5.73 Å². The van der Waals surface area contributed by atoms with Crippen LogP contribution in [-0.2, 0) is 24.3 Å². The van der Waals surface area contributed by atoms with E-state index in [2.05, 4.69) is 9.94 Å². The normalized spacial score (nSPS) is 12.9. The van der Waals surface area contributed by atoms with Gasteiger partial charge in [-0.15, -0.1) is 0 Å². The number of carbonyl (C=O) groups excluding carboxylic acids is 2. The van der Waals surface area contributed by atoms with Gasteiger partial charge in [0.15, 0.2) is 17.3 Å². The Kier molecular flexibility index (Phi) is 5.21. The second-order valence-corrected chi connectivity index (χ2v) is 7.16. The Bertz CT molecular complexity index is 1230. The number of rotatable bonds is 4. The summed E-state index contributed by atoms with van der Waals surface area (Å²) in [5.41, 5.74) is 7.77. The monoisotopic (exact) mass is 421 g/mol. The molecule has 0 saturated carbocycles. The first-order valence-electron chi connectivity index (χ1n) is 9.46. The zero-order valence-electron chi connectivity index (χ0n) is 16.3. The van der Waals surface area contributed by atoms with Gasteiger partial charge in [-0.3, -0.25) is 14.3 Å². The first-order valence-corrected chi connectivity index (χ1v) is 9.46. The van der Waals surface area contributed by atoms with Crippen LogP contribution in [0.1, 0.15) is 21.6 Å². The average Bonchev–Trinajstić information content (AvgIpc) is 3.15. The SMILES string of the molecule is [C-]#[N+]c1ccc(CC(=O)N2CCn3nc(-c4ccc(F)c(F)c4)c(C(N)=O)c3C2)cc1. The van der Waals surface area contributed by atoms with Crippen LogP contribution in [0.3, 0.4) is 0 Å². The molecule has 0 spiro atoms. The van der Waals surface area contributed by atoms with Crippen LogP contribution in [0.25, 0.3) is 16.1 Å². The number of nitrogens with zero attached hydrogens (tertiary/aromatic N) is 4. The largest absolute Gasteiger partial charge is 0.365 e. The van der Waals surface area contributed by atoms with Gasteiger partial charge in [0.1, 0.15) is 5.69 Å². The number of halogens is 2. The average molecular weight is 421 g/mol. The second-order valence-electron chi connectivity index (χ2n) is 7.16. The van der Waals surface area contributed by atoms with Crippen LogP contribution in [0.4, 0.5) is 14.5 Å². The molecule has 9 heteroatoms. The maximum Gasteiger partial charge on any atom is 0.252 e. The summed E-state index contributed by atoms with van der Waals surface area (Å²) >= 11 is 0. The van der Waals surface area contributed by atoms with Crippen molar-refractivity contribution in [3.05, 3.63) is 82.3 Å². The third-order valence-corrected chi connectivity index (χ3v) is 5.19. The van der Waals surface area contributed by atoms with Crippen molar-refractivity contribution in [3.8, 4) is 11.3 Å². The molecule has 156 valence electrons. The number of nitrogens with two attached hydrogens (primary N) is 1. The Morgan fingerprint density at radius 2 is 1.84 bits per heavy atom. The molecule has 0 unspecified atom stereocenters. The van der Waals surface area contributed by atoms with Crippen LogP contribution in [-0.4, -0.2) is 33.0 Å². The summed E-state index contributed by atoms with van der Waals surface area (Å²) in [6, 6.07) is 10.0. The number of fused-ring (bicyclic) bond motifs is 1. The topological polar surface area (TPSA) is 85.6 Å². The number of primary amides is 1. The van der Waals surface area contributed by atoms with Crippen LogP contribution in [0.15, 0.2) is 42.5 Å². The van der Waals surface area contributed by atoms with Gasteiger partial charge in [-0.2, -0.15) is 5.10 Å². The quantitative estimate of drug-likeness (QED) is 0.657. The predicted octanol–water partition coefficient (Wildman–Crippen LogP) is 3.06. The van der Waals surface area contributed by atoms with E-state index in [1.165, 1.54) is 6.07 Å². The first-order chi connectivity index (χ1) is 14.9. The Labute approximate surface area is 176 Å². The lowest BCUT2D eigenvalue weighted by molar-refractivity contribution is -0.132. The van der Waals surface area contributed by atoms with E-state index in [-0.39, 0.29) is 35.7 Å². The van der Waals surface area contributed by atoms with E-state index >= 15 is 0 Å². The van der Waals surface area contributed by atoms with E-state index in [0.29, 0.717) is 24.5 Å². The highest BCUT2D eigenvalue weighted by atomic mass is 19.2. The van der Waals surface area contributed by atoms with Crippen LogP contribution in [0, 0.1) is 18.2 Å². The Morgan fingerprint density at radius 1 is 1.10 bits per heavy atom. The van der Waals surface area contributed by atoms with Gasteiger partial charge in [0.25, 0.3) is 5.91 Å². The molecule has 0 radical (unpaired) electrons. The summed E-state index contributed by atoms with van der Waals surface area (Å²) in [6.45, 7) is 7.82. The fourth-order valence-corrected chi connectivity index (χ4v) is 3.61. The van der Waals surface area contributed by atoms with E-state index in [9.17, 15) is 18.4 Å². The van der Waals surface area contributed by atoms with Crippen LogP contribution in [0.5, 0.6) is 0 Å². The van der Waals surface area contributed by atoms with Crippen molar-refractivity contribution >= 4 is 17.5 Å². The molecule has 1 aromatic heterocycles. The number of hydrogen-bond acceptors (Lipinski definition) is 3. The van der Waals surface area contributed by atoms with E-state index in [1.54, 1.807) is 33.8 Å². The first kappa shape index (κ1) is 20.2. The van der Waals surface area contributed by atoms with Gasteiger partial charge in [0.05, 0.1) is 37.3 Å². The smallest absolute Gasteiger partial charge is 0.252 e. The van der Waals surface area contributed by atoms with Crippen molar-refractivity contribution in [3.63, 3.8) is 0 Å². The molecule has 0 aliphatic carbocycles. The lowest BCUT2D eigenvalue weighted by Gasteiger charge is -2.28. The molecule has 2 aromatic carbocycles. The number of carbonyl (C=O) groups is 2. The highest BCUT2D eigenvalue weighted by Gasteiger charge is 2.29. The van der Waals surface area contributed by atoms with Gasteiger partial charge >= 0.3 is 0 Å². The van der Waals surface area contributed by atoms with Crippen LogP contribution in [0.2, 0.25) is 0 Å². The van der Waals surface area contributed by atoms with Crippen molar-refractivity contribution in [2.45, 2.75) is 19.5 Å². The molecule has 0 bridgehead atoms. The number of aromatic nitrogens is 2. The van der Waals surface area contributed by atoms with Crippen molar-refractivity contribution in [1.82, 2.24) is 14.7 Å². The molecule has 0 atom stereocenters. The fourth-order valence-electron chi connectivity index (χ4n) is 3.61. The fraction of sp³-hybridized carbons (Fsp3) is 0.182. The number of benzene rings is 2. The van der Waals surface area contributed by atoms with E-state index in [1.807, 2.05) is 0 Å². The zero-order valence-corrected chi connectivity index (χ0v) is 16.3. The van der Waals surface area contributed by atoms with Gasteiger partial charge in [-0.25, -0.2) is 13.6 Å². The zero-order chi connectivity index (χ0) is 22.1. The molecule has 2 N–H and O–H groups in total. The molecule has 0 fully saturated rings. The van der Waals surface area contributed by atoms with E-state index in [4.69, 9.17) is 12.3 Å². The van der Waals surface area contributed by atoms with Crippen LogP contribution < -0.4 is 5.73 Å². The molecular weight excluding hydrogens is 404 g/mol. The predicted molar refractivity (Wildman–Crippen MR) is 108 cm³/mol. The Morgan fingerprint density at radius 3 is 2.48 bits per heavy atom. The standard InChI is InChI=1S/C22H17F2N5O2/c1-26-15-5-2-13(3-6-15)10-19(30)28-8-9-29-18(12-28)20(22(25)31)21(27-29)14-4-7-16(23)17(24)11-14/h2-7,11H,8-10,12H2,(H2,25,31). The lowest BCUT2D eigenvalue weighted by atomic mass is 10.0. The summed E-state index contributed by atoms with van der Waals surface area (Å²) in [6.07, 6.45) is 0.147.